The Morgan fingerprint density at radius 1 is 1.06 bits per heavy atom. The van der Waals surface area contributed by atoms with Crippen molar-refractivity contribution in [2.24, 2.45) is 0 Å². The lowest BCUT2D eigenvalue weighted by Gasteiger charge is -2.16. The first-order valence-corrected chi connectivity index (χ1v) is 13.1. The molecule has 4 aromatic rings. The number of para-hydroxylation sites is 2. The fourth-order valence-electron chi connectivity index (χ4n) is 3.46. The molecule has 0 spiro atoms. The summed E-state index contributed by atoms with van der Waals surface area (Å²) in [7, 11) is -2.28. The molecule has 1 atom stereocenters. The SMILES string of the molecule is COc1ccccc1OC[C@H](C)NS(=O)(=O)c1ccc2c(c1)sc(=O)n2Cc1ccc(Cl)cc1. The van der Waals surface area contributed by atoms with Gasteiger partial charge in [0.1, 0.15) is 6.61 Å². The van der Waals surface area contributed by atoms with Crippen molar-refractivity contribution in [2.75, 3.05) is 13.7 Å². The first-order chi connectivity index (χ1) is 16.3. The number of rotatable bonds is 9. The van der Waals surface area contributed by atoms with Gasteiger partial charge in [-0.2, -0.15) is 0 Å². The van der Waals surface area contributed by atoms with Gasteiger partial charge in [-0.25, -0.2) is 13.1 Å². The molecule has 1 aromatic heterocycles. The monoisotopic (exact) mass is 518 g/mol. The van der Waals surface area contributed by atoms with Crippen LogP contribution in [0.2, 0.25) is 5.02 Å². The average molecular weight is 519 g/mol. The number of fused-ring (bicyclic) bond motifs is 1. The Kier molecular flexibility index (Phi) is 7.27. The lowest BCUT2D eigenvalue weighted by molar-refractivity contribution is 0.271. The number of hydrogen-bond acceptors (Lipinski definition) is 6. The van der Waals surface area contributed by atoms with Crippen molar-refractivity contribution in [3.8, 4) is 11.5 Å². The van der Waals surface area contributed by atoms with E-state index < -0.39 is 16.1 Å². The minimum absolute atomic E-state index is 0.0871. The van der Waals surface area contributed by atoms with Crippen LogP contribution in [-0.4, -0.2) is 32.7 Å². The van der Waals surface area contributed by atoms with Crippen molar-refractivity contribution in [3.05, 3.63) is 87.0 Å². The van der Waals surface area contributed by atoms with Crippen molar-refractivity contribution < 1.29 is 17.9 Å². The summed E-state index contributed by atoms with van der Waals surface area (Å²) >= 11 is 6.95. The highest BCUT2D eigenvalue weighted by molar-refractivity contribution is 7.89. The number of aromatic nitrogens is 1. The molecule has 0 amide bonds. The van der Waals surface area contributed by atoms with Crippen LogP contribution < -0.4 is 19.1 Å². The topological polar surface area (TPSA) is 86.6 Å². The Morgan fingerprint density at radius 3 is 2.47 bits per heavy atom. The van der Waals surface area contributed by atoms with E-state index in [0.29, 0.717) is 33.3 Å². The Hall–Kier alpha value is -2.85. The summed E-state index contributed by atoms with van der Waals surface area (Å²) in [6.07, 6.45) is 0. The summed E-state index contributed by atoms with van der Waals surface area (Å²) in [5.74, 6) is 1.10. The van der Waals surface area contributed by atoms with Crippen molar-refractivity contribution in [1.82, 2.24) is 9.29 Å². The summed E-state index contributed by atoms with van der Waals surface area (Å²) in [6, 6.07) is 18.6. The lowest BCUT2D eigenvalue weighted by Crippen LogP contribution is -2.36. The van der Waals surface area contributed by atoms with Crippen molar-refractivity contribution in [1.29, 1.82) is 0 Å². The van der Waals surface area contributed by atoms with Gasteiger partial charge < -0.3 is 9.47 Å². The van der Waals surface area contributed by atoms with Gasteiger partial charge in [-0.3, -0.25) is 9.36 Å². The fourth-order valence-corrected chi connectivity index (χ4v) is 5.84. The average Bonchev–Trinajstić information content (AvgIpc) is 3.13. The van der Waals surface area contributed by atoms with Crippen molar-refractivity contribution in [2.45, 2.75) is 24.4 Å². The van der Waals surface area contributed by atoms with Crippen LogP contribution in [0.1, 0.15) is 12.5 Å². The second-order valence-corrected chi connectivity index (χ2v) is 10.8. The first-order valence-electron chi connectivity index (χ1n) is 10.4. The number of nitrogens with zero attached hydrogens (tertiary/aromatic N) is 1. The highest BCUT2D eigenvalue weighted by atomic mass is 35.5. The number of halogens is 1. The number of sulfonamides is 1. The van der Waals surface area contributed by atoms with Crippen LogP contribution in [0, 0.1) is 0 Å². The minimum Gasteiger partial charge on any atom is -0.493 e. The molecule has 1 heterocycles. The minimum atomic E-state index is -3.82. The van der Waals surface area contributed by atoms with E-state index in [1.165, 1.54) is 12.1 Å². The predicted molar refractivity (Wildman–Crippen MR) is 135 cm³/mol. The van der Waals surface area contributed by atoms with Crippen molar-refractivity contribution in [3.63, 3.8) is 0 Å². The third-order valence-electron chi connectivity index (χ3n) is 5.12. The molecule has 0 aliphatic rings. The molecule has 0 bridgehead atoms. The van der Waals surface area contributed by atoms with Crippen LogP contribution in [0.3, 0.4) is 0 Å². The van der Waals surface area contributed by atoms with Gasteiger partial charge >= 0.3 is 4.87 Å². The van der Waals surface area contributed by atoms with E-state index in [1.807, 2.05) is 24.3 Å². The number of thiazole rings is 1. The van der Waals surface area contributed by atoms with Gasteiger partial charge in [0.15, 0.2) is 11.5 Å². The number of nitrogens with one attached hydrogen (secondary N) is 1. The molecule has 0 radical (unpaired) electrons. The summed E-state index contributed by atoms with van der Waals surface area (Å²) in [6.45, 7) is 2.21. The van der Waals surface area contributed by atoms with Gasteiger partial charge in [0.25, 0.3) is 0 Å². The van der Waals surface area contributed by atoms with Gasteiger partial charge in [0, 0.05) is 5.02 Å². The predicted octanol–water partition coefficient (Wildman–Crippen LogP) is 4.52. The molecule has 34 heavy (non-hydrogen) atoms. The quantitative estimate of drug-likeness (QED) is 0.352. The van der Waals surface area contributed by atoms with E-state index in [9.17, 15) is 13.2 Å². The van der Waals surface area contributed by atoms with Gasteiger partial charge in [0.05, 0.1) is 34.8 Å². The Bertz CT molecular complexity index is 1460. The third kappa shape index (κ3) is 5.44. The molecule has 0 fully saturated rings. The van der Waals surface area contributed by atoms with E-state index in [-0.39, 0.29) is 16.4 Å². The molecule has 10 heteroatoms. The Balaban J connectivity index is 1.49. The summed E-state index contributed by atoms with van der Waals surface area (Å²) < 4.78 is 41.7. The summed E-state index contributed by atoms with van der Waals surface area (Å²) in [5, 5.41) is 0.621. The summed E-state index contributed by atoms with van der Waals surface area (Å²) in [5.41, 5.74) is 1.60. The zero-order valence-electron chi connectivity index (χ0n) is 18.5. The van der Waals surface area contributed by atoms with E-state index in [1.54, 1.807) is 48.9 Å². The van der Waals surface area contributed by atoms with Gasteiger partial charge in [-0.05, 0) is 55.0 Å². The highest BCUT2D eigenvalue weighted by Gasteiger charge is 2.20. The highest BCUT2D eigenvalue weighted by Crippen LogP contribution is 2.26. The standard InChI is InChI=1S/C24H23ClN2O5S2/c1-16(15-32-22-6-4-3-5-21(22)31-2)26-34(29,30)19-11-12-20-23(13-19)33-24(28)27(20)14-17-7-9-18(25)10-8-17/h3-13,16,26H,14-15H2,1-2H3/t16-/m0/s1. The van der Waals surface area contributed by atoms with Crippen LogP contribution in [-0.2, 0) is 16.6 Å². The number of hydrogen-bond donors (Lipinski definition) is 1. The molecular weight excluding hydrogens is 496 g/mol. The smallest absolute Gasteiger partial charge is 0.308 e. The molecule has 1 N–H and O–H groups in total. The zero-order chi connectivity index (χ0) is 24.3. The summed E-state index contributed by atoms with van der Waals surface area (Å²) in [4.78, 5) is 12.5. The fraction of sp³-hybridized carbons (Fsp3) is 0.208. The van der Waals surface area contributed by atoms with Crippen LogP contribution in [0.15, 0.2) is 76.4 Å². The third-order valence-corrected chi connectivity index (χ3v) is 7.90. The van der Waals surface area contributed by atoms with Gasteiger partial charge in [0.2, 0.25) is 10.0 Å². The molecule has 7 nitrogen and oxygen atoms in total. The molecule has 0 unspecified atom stereocenters. The lowest BCUT2D eigenvalue weighted by atomic mass is 10.2. The van der Waals surface area contributed by atoms with E-state index >= 15 is 0 Å². The zero-order valence-corrected chi connectivity index (χ0v) is 20.9. The molecule has 0 saturated heterocycles. The Morgan fingerprint density at radius 2 is 1.76 bits per heavy atom. The van der Waals surface area contributed by atoms with E-state index in [2.05, 4.69) is 4.72 Å². The second-order valence-electron chi connectivity index (χ2n) is 7.69. The van der Waals surface area contributed by atoms with Crippen LogP contribution >= 0.6 is 22.9 Å². The maximum absolute atomic E-state index is 13.0. The molecular formula is C24H23ClN2O5S2. The van der Waals surface area contributed by atoms with E-state index in [0.717, 1.165) is 16.9 Å². The molecule has 0 saturated carbocycles. The molecule has 0 aliphatic heterocycles. The van der Waals surface area contributed by atoms with Gasteiger partial charge in [-0.15, -0.1) is 0 Å². The van der Waals surface area contributed by atoms with E-state index in [4.69, 9.17) is 21.1 Å². The normalized spacial score (nSPS) is 12.6. The molecule has 178 valence electrons. The molecule has 3 aromatic carbocycles. The Labute approximate surface area is 206 Å². The maximum Gasteiger partial charge on any atom is 0.308 e. The second kappa shape index (κ2) is 10.2. The number of ether oxygens (including phenoxy) is 2. The van der Waals surface area contributed by atoms with Crippen LogP contribution in [0.5, 0.6) is 11.5 Å². The van der Waals surface area contributed by atoms with Gasteiger partial charge in [-0.1, -0.05) is 47.2 Å². The van der Waals surface area contributed by atoms with Crippen LogP contribution in [0.4, 0.5) is 0 Å². The first kappa shape index (κ1) is 24.3. The molecule has 4 rings (SSSR count). The number of methoxy groups -OCH3 is 1. The number of benzene rings is 3. The maximum atomic E-state index is 13.0. The largest absolute Gasteiger partial charge is 0.493 e. The molecule has 0 aliphatic carbocycles. The van der Waals surface area contributed by atoms with Crippen LogP contribution in [0.25, 0.3) is 10.2 Å². The van der Waals surface area contributed by atoms with Crippen molar-refractivity contribution >= 4 is 43.2 Å².